The van der Waals surface area contributed by atoms with Crippen molar-refractivity contribution in [3.63, 3.8) is 0 Å². The first-order chi connectivity index (χ1) is 12.3. The fourth-order valence-electron chi connectivity index (χ4n) is 4.66. The maximum Gasteiger partial charge on any atom is 0.192 e. The highest BCUT2D eigenvalue weighted by atomic mass is 28.4. The second-order valence-corrected chi connectivity index (χ2v) is 15.4. The van der Waals surface area contributed by atoms with Gasteiger partial charge in [0.05, 0.1) is 6.10 Å². The molecule has 150 valence electrons. The molecular formula is C23H36O3Si. The summed E-state index contributed by atoms with van der Waals surface area (Å²) in [6, 6.07) is 9.95. The van der Waals surface area contributed by atoms with E-state index in [2.05, 4.69) is 47.7 Å². The third-order valence-corrected chi connectivity index (χ3v) is 12.1. The molecule has 0 heterocycles. The second kappa shape index (κ2) is 6.55. The van der Waals surface area contributed by atoms with Crippen LogP contribution in [0.15, 0.2) is 36.4 Å². The fraction of sp³-hybridized carbons (Fsp3) is 0.652. The molecular weight excluding hydrogens is 352 g/mol. The predicted molar refractivity (Wildman–Crippen MR) is 114 cm³/mol. The van der Waals surface area contributed by atoms with Gasteiger partial charge in [-0.05, 0) is 53.4 Å². The molecule has 0 aromatic heterocycles. The lowest BCUT2D eigenvalue weighted by molar-refractivity contribution is -0.275. The van der Waals surface area contributed by atoms with E-state index in [9.17, 15) is 10.2 Å². The van der Waals surface area contributed by atoms with Gasteiger partial charge in [0, 0.05) is 0 Å². The summed E-state index contributed by atoms with van der Waals surface area (Å²) in [6.45, 7) is 15.5. The molecule has 0 spiro atoms. The van der Waals surface area contributed by atoms with Crippen LogP contribution in [0.3, 0.4) is 0 Å². The number of aliphatic hydroxyl groups is 2. The summed E-state index contributed by atoms with van der Waals surface area (Å²) in [7, 11) is -2.06. The Morgan fingerprint density at radius 3 is 2.26 bits per heavy atom. The average Bonchev–Trinajstić information content (AvgIpc) is 2.56. The van der Waals surface area contributed by atoms with Gasteiger partial charge in [-0.1, -0.05) is 71.0 Å². The van der Waals surface area contributed by atoms with E-state index in [0.29, 0.717) is 0 Å². The van der Waals surface area contributed by atoms with E-state index >= 15 is 0 Å². The van der Waals surface area contributed by atoms with E-state index < -0.39 is 20.0 Å². The van der Waals surface area contributed by atoms with Gasteiger partial charge in [-0.3, -0.25) is 0 Å². The van der Waals surface area contributed by atoms with Crippen LogP contribution in [0.1, 0.15) is 46.6 Å². The first-order valence-electron chi connectivity index (χ1n) is 10.1. The minimum absolute atomic E-state index is 0.0456. The van der Waals surface area contributed by atoms with Crippen molar-refractivity contribution in [2.24, 2.45) is 17.3 Å². The normalized spacial score (nSPS) is 35.9. The Labute approximate surface area is 165 Å². The Hall–Kier alpha value is -0.943. The summed E-state index contributed by atoms with van der Waals surface area (Å²) >= 11 is 0. The molecule has 4 rings (SSSR count). The van der Waals surface area contributed by atoms with Crippen molar-refractivity contribution in [1.29, 1.82) is 0 Å². The molecule has 1 aromatic carbocycles. The number of hydrogen-bond donors (Lipinski definition) is 2. The topological polar surface area (TPSA) is 49.7 Å². The minimum Gasteiger partial charge on any atom is -0.411 e. The van der Waals surface area contributed by atoms with Crippen LogP contribution in [-0.4, -0.2) is 36.3 Å². The van der Waals surface area contributed by atoms with Gasteiger partial charge in [0.25, 0.3) is 0 Å². The van der Waals surface area contributed by atoms with Crippen LogP contribution in [0.2, 0.25) is 18.1 Å². The van der Waals surface area contributed by atoms with Gasteiger partial charge in [-0.15, -0.1) is 0 Å². The Balaban J connectivity index is 1.93. The van der Waals surface area contributed by atoms with Crippen LogP contribution in [0.25, 0.3) is 6.08 Å². The van der Waals surface area contributed by atoms with Gasteiger partial charge in [0.1, 0.15) is 11.7 Å². The molecule has 5 atom stereocenters. The molecule has 0 radical (unpaired) electrons. The van der Waals surface area contributed by atoms with Crippen molar-refractivity contribution in [2.75, 3.05) is 0 Å². The van der Waals surface area contributed by atoms with Crippen molar-refractivity contribution < 1.29 is 14.6 Å². The second-order valence-electron chi connectivity index (χ2n) is 10.6. The lowest BCUT2D eigenvalue weighted by Gasteiger charge is -2.67. The number of hydrogen-bond acceptors (Lipinski definition) is 3. The van der Waals surface area contributed by atoms with E-state index in [4.69, 9.17) is 4.43 Å². The Kier molecular flexibility index (Phi) is 5.04. The van der Waals surface area contributed by atoms with Crippen LogP contribution in [-0.2, 0) is 4.43 Å². The Bertz CT molecular complexity index is 704. The van der Waals surface area contributed by atoms with E-state index in [0.717, 1.165) is 12.0 Å². The van der Waals surface area contributed by atoms with Crippen LogP contribution in [0, 0.1) is 17.3 Å². The number of benzene rings is 1. The molecule has 4 heteroatoms. The zero-order valence-electron chi connectivity index (χ0n) is 17.9. The SMILES string of the molecule is CC1(C)[C@@H]2C[C@H]1[C@](O)(/C=C/c1ccccc1)[C@@H](O)[C@@H]2O[Si](C)(C)C(C)(C)C. The van der Waals surface area contributed by atoms with Crippen LogP contribution >= 0.6 is 0 Å². The van der Waals surface area contributed by atoms with Gasteiger partial charge in [0.15, 0.2) is 8.32 Å². The number of aliphatic hydroxyl groups excluding tert-OH is 1. The van der Waals surface area contributed by atoms with E-state index in [-0.39, 0.29) is 28.4 Å². The minimum atomic E-state index is -2.06. The third kappa shape index (κ3) is 3.35. The third-order valence-electron chi connectivity index (χ3n) is 7.66. The van der Waals surface area contributed by atoms with Crippen LogP contribution in [0.4, 0.5) is 0 Å². The molecule has 0 unspecified atom stereocenters. The van der Waals surface area contributed by atoms with Crippen molar-refractivity contribution >= 4 is 14.4 Å². The van der Waals surface area contributed by atoms with E-state index in [1.54, 1.807) is 0 Å². The van der Waals surface area contributed by atoms with Crippen molar-refractivity contribution in [1.82, 2.24) is 0 Å². The van der Waals surface area contributed by atoms with Gasteiger partial charge in [-0.25, -0.2) is 0 Å². The van der Waals surface area contributed by atoms with Crippen molar-refractivity contribution in [3.05, 3.63) is 42.0 Å². The van der Waals surface area contributed by atoms with Gasteiger partial charge >= 0.3 is 0 Å². The highest BCUT2D eigenvalue weighted by molar-refractivity contribution is 6.74. The maximum atomic E-state index is 11.6. The fourth-order valence-corrected chi connectivity index (χ4v) is 5.99. The summed E-state index contributed by atoms with van der Waals surface area (Å²) in [5.41, 5.74) is -0.289. The molecule has 2 bridgehead atoms. The zero-order valence-corrected chi connectivity index (χ0v) is 18.9. The highest BCUT2D eigenvalue weighted by Gasteiger charge is 2.69. The largest absolute Gasteiger partial charge is 0.411 e. The summed E-state index contributed by atoms with van der Waals surface area (Å²) in [6.07, 6.45) is 3.43. The molecule has 3 fully saturated rings. The molecule has 3 saturated carbocycles. The van der Waals surface area contributed by atoms with E-state index in [1.165, 1.54) is 0 Å². The Morgan fingerprint density at radius 2 is 1.74 bits per heavy atom. The van der Waals surface area contributed by atoms with Crippen LogP contribution < -0.4 is 0 Å². The number of fused-ring (bicyclic) bond motifs is 2. The van der Waals surface area contributed by atoms with Gasteiger partial charge < -0.3 is 14.6 Å². The summed E-state index contributed by atoms with van der Waals surface area (Å²) in [4.78, 5) is 0. The predicted octanol–water partition coefficient (Wildman–Crippen LogP) is 4.86. The van der Waals surface area contributed by atoms with Crippen molar-refractivity contribution in [3.8, 4) is 0 Å². The maximum absolute atomic E-state index is 11.6. The molecule has 2 N–H and O–H groups in total. The molecule has 3 aliphatic carbocycles. The monoisotopic (exact) mass is 388 g/mol. The van der Waals surface area contributed by atoms with Gasteiger partial charge in [-0.2, -0.15) is 0 Å². The summed E-state index contributed by atoms with van der Waals surface area (Å²) in [5.74, 6) is 0.334. The standard InChI is InChI=1S/C23H36O3Si/c1-21(2,3)27(6,7)26-19-17-15-18(22(17,4)5)23(25,20(19)24)14-13-16-11-9-8-10-12-16/h8-14,17-20,24-25H,15H2,1-7H3/b14-13+/t17-,18-,19-,20+,23-/m1/s1. The molecule has 0 saturated heterocycles. The first-order valence-corrected chi connectivity index (χ1v) is 13.0. The van der Waals surface area contributed by atoms with Crippen molar-refractivity contribution in [2.45, 2.75) is 77.0 Å². The lowest BCUT2D eigenvalue weighted by Crippen LogP contribution is -2.74. The quantitative estimate of drug-likeness (QED) is 0.724. The average molecular weight is 389 g/mol. The smallest absolute Gasteiger partial charge is 0.192 e. The summed E-state index contributed by atoms with van der Waals surface area (Å²) < 4.78 is 6.68. The highest BCUT2D eigenvalue weighted by Crippen LogP contribution is 2.64. The lowest BCUT2D eigenvalue weighted by atomic mass is 9.42. The Morgan fingerprint density at radius 1 is 1.15 bits per heavy atom. The zero-order chi connectivity index (χ0) is 20.3. The summed E-state index contributed by atoms with van der Waals surface area (Å²) in [5, 5.41) is 22.9. The van der Waals surface area contributed by atoms with Gasteiger partial charge in [0.2, 0.25) is 0 Å². The first kappa shape index (κ1) is 20.8. The number of rotatable bonds is 4. The molecule has 1 aromatic rings. The molecule has 27 heavy (non-hydrogen) atoms. The van der Waals surface area contributed by atoms with E-state index in [1.807, 2.05) is 42.5 Å². The molecule has 3 aliphatic rings. The molecule has 3 nitrogen and oxygen atoms in total. The van der Waals surface area contributed by atoms with Crippen LogP contribution in [0.5, 0.6) is 0 Å². The molecule has 0 aliphatic heterocycles. The molecule has 0 amide bonds.